The fourth-order valence-electron chi connectivity index (χ4n) is 1.48. The summed E-state index contributed by atoms with van der Waals surface area (Å²) in [5.41, 5.74) is 4.80. The first-order chi connectivity index (χ1) is 8.00. The van der Waals surface area contributed by atoms with E-state index in [2.05, 4.69) is 14.7 Å². The minimum Gasteiger partial charge on any atom is -0.343 e. The molecule has 0 saturated carbocycles. The van der Waals surface area contributed by atoms with Crippen LogP contribution < -0.4 is 5.73 Å². The molecule has 0 aliphatic carbocycles. The number of nitrogens with two attached hydrogens (primary N) is 1. The molecule has 0 saturated heterocycles. The molecule has 1 unspecified atom stereocenters. The Hall–Kier alpha value is -1.89. The van der Waals surface area contributed by atoms with Crippen LogP contribution in [0.2, 0.25) is 0 Å². The fourth-order valence-corrected chi connectivity index (χ4v) is 1.48. The number of benzene rings is 1. The zero-order valence-electron chi connectivity index (χ0n) is 8.48. The summed E-state index contributed by atoms with van der Waals surface area (Å²) in [5.74, 6) is 0.0155. The number of alkyl halides is 3. The molecule has 1 atom stereocenters. The van der Waals surface area contributed by atoms with Crippen LogP contribution >= 0.6 is 0 Å². The lowest BCUT2D eigenvalue weighted by atomic mass is 10.00. The predicted octanol–water partition coefficient (Wildman–Crippen LogP) is 2.14. The van der Waals surface area contributed by atoms with Crippen molar-refractivity contribution in [2.24, 2.45) is 5.73 Å². The van der Waals surface area contributed by atoms with Crippen molar-refractivity contribution in [2.75, 3.05) is 0 Å². The van der Waals surface area contributed by atoms with Crippen molar-refractivity contribution in [3.05, 3.63) is 47.6 Å². The van der Waals surface area contributed by atoms with Gasteiger partial charge in [0.25, 0.3) is 0 Å². The van der Waals surface area contributed by atoms with Gasteiger partial charge in [-0.1, -0.05) is 23.4 Å². The molecule has 90 valence electrons. The highest BCUT2D eigenvalue weighted by Crippen LogP contribution is 2.34. The molecule has 17 heavy (non-hydrogen) atoms. The minimum atomic E-state index is -4.46. The zero-order valence-corrected chi connectivity index (χ0v) is 8.48. The van der Waals surface area contributed by atoms with Gasteiger partial charge in [-0.05, 0) is 11.6 Å². The third-order valence-corrected chi connectivity index (χ3v) is 2.26. The molecule has 0 amide bonds. The van der Waals surface area contributed by atoms with Gasteiger partial charge in [0.2, 0.25) is 6.39 Å². The second-order valence-electron chi connectivity index (χ2n) is 3.35. The molecule has 2 N–H and O–H groups in total. The van der Waals surface area contributed by atoms with Crippen LogP contribution in [0.3, 0.4) is 0 Å². The molecule has 0 aliphatic heterocycles. The van der Waals surface area contributed by atoms with E-state index in [1.165, 1.54) is 18.2 Å². The van der Waals surface area contributed by atoms with Crippen LogP contribution in [0.1, 0.15) is 23.0 Å². The normalized spacial score (nSPS) is 13.6. The summed E-state index contributed by atoms with van der Waals surface area (Å²) < 4.78 is 42.7. The van der Waals surface area contributed by atoms with Crippen LogP contribution in [0, 0.1) is 0 Å². The molecule has 1 heterocycles. The van der Waals surface area contributed by atoms with Gasteiger partial charge in [0.05, 0.1) is 11.6 Å². The first-order valence-electron chi connectivity index (χ1n) is 4.68. The van der Waals surface area contributed by atoms with Gasteiger partial charge in [0, 0.05) is 0 Å². The van der Waals surface area contributed by atoms with Crippen molar-refractivity contribution in [1.29, 1.82) is 0 Å². The van der Waals surface area contributed by atoms with Crippen LogP contribution in [0.15, 0.2) is 35.2 Å². The molecule has 1 aromatic carbocycles. The highest BCUT2D eigenvalue weighted by molar-refractivity contribution is 5.34. The maximum absolute atomic E-state index is 12.7. The lowest BCUT2D eigenvalue weighted by molar-refractivity contribution is -0.138. The van der Waals surface area contributed by atoms with E-state index >= 15 is 0 Å². The van der Waals surface area contributed by atoms with Gasteiger partial charge < -0.3 is 10.3 Å². The lowest BCUT2D eigenvalue weighted by Crippen LogP contribution is -2.19. The second-order valence-corrected chi connectivity index (χ2v) is 3.35. The largest absolute Gasteiger partial charge is 0.416 e. The van der Waals surface area contributed by atoms with Crippen molar-refractivity contribution in [3.8, 4) is 0 Å². The van der Waals surface area contributed by atoms with Gasteiger partial charge in [0.1, 0.15) is 0 Å². The number of halogens is 3. The standard InChI is InChI=1S/C10H8F3N3O/c11-10(12,13)7-4-2-1-3-6(7)8(14)9-15-5-17-16-9/h1-5,8H,14H2. The quantitative estimate of drug-likeness (QED) is 0.877. The van der Waals surface area contributed by atoms with Gasteiger partial charge in [-0.2, -0.15) is 18.2 Å². The van der Waals surface area contributed by atoms with Crippen LogP contribution in [0.4, 0.5) is 13.2 Å². The van der Waals surface area contributed by atoms with E-state index in [9.17, 15) is 13.2 Å². The number of rotatable bonds is 2. The highest BCUT2D eigenvalue weighted by Gasteiger charge is 2.35. The van der Waals surface area contributed by atoms with E-state index in [1.807, 2.05) is 0 Å². The summed E-state index contributed by atoms with van der Waals surface area (Å²) in [4.78, 5) is 3.65. The van der Waals surface area contributed by atoms with E-state index in [0.29, 0.717) is 0 Å². The summed E-state index contributed by atoms with van der Waals surface area (Å²) >= 11 is 0. The van der Waals surface area contributed by atoms with E-state index in [-0.39, 0.29) is 11.4 Å². The van der Waals surface area contributed by atoms with Crippen LogP contribution in [0.5, 0.6) is 0 Å². The Morgan fingerprint density at radius 3 is 2.53 bits per heavy atom. The zero-order chi connectivity index (χ0) is 12.5. The van der Waals surface area contributed by atoms with Crippen molar-refractivity contribution in [2.45, 2.75) is 12.2 Å². The molecule has 0 spiro atoms. The van der Waals surface area contributed by atoms with Gasteiger partial charge in [-0.3, -0.25) is 0 Å². The number of nitrogens with zero attached hydrogens (tertiary/aromatic N) is 2. The minimum absolute atomic E-state index is 0.0155. The van der Waals surface area contributed by atoms with Crippen LogP contribution in [0.25, 0.3) is 0 Å². The average Bonchev–Trinajstić information content (AvgIpc) is 2.80. The monoisotopic (exact) mass is 243 g/mol. The van der Waals surface area contributed by atoms with E-state index in [1.54, 1.807) is 0 Å². The third-order valence-electron chi connectivity index (χ3n) is 2.26. The lowest BCUT2D eigenvalue weighted by Gasteiger charge is -2.15. The maximum Gasteiger partial charge on any atom is 0.416 e. The number of aromatic nitrogens is 2. The summed E-state index contributed by atoms with van der Waals surface area (Å²) in [6.07, 6.45) is -3.44. The topological polar surface area (TPSA) is 64.9 Å². The molecule has 2 rings (SSSR count). The maximum atomic E-state index is 12.7. The SMILES string of the molecule is NC(c1ncon1)c1ccccc1C(F)(F)F. The Bertz CT molecular complexity index is 496. The molecule has 1 aromatic heterocycles. The predicted molar refractivity (Wildman–Crippen MR) is 51.8 cm³/mol. The molecule has 0 radical (unpaired) electrons. The van der Waals surface area contributed by atoms with Crippen molar-refractivity contribution >= 4 is 0 Å². The van der Waals surface area contributed by atoms with E-state index < -0.39 is 17.8 Å². The Labute approximate surface area is 94.2 Å². The molecule has 0 fully saturated rings. The Kier molecular flexibility index (Phi) is 2.84. The molecule has 4 nitrogen and oxygen atoms in total. The summed E-state index contributed by atoms with van der Waals surface area (Å²) in [6, 6.07) is 3.98. The highest BCUT2D eigenvalue weighted by atomic mass is 19.4. The Morgan fingerprint density at radius 2 is 1.94 bits per heavy atom. The van der Waals surface area contributed by atoms with Gasteiger partial charge in [-0.25, -0.2) is 0 Å². The van der Waals surface area contributed by atoms with Gasteiger partial charge in [0.15, 0.2) is 5.82 Å². The molecule has 7 heteroatoms. The Balaban J connectivity index is 2.46. The molecule has 2 aromatic rings. The van der Waals surface area contributed by atoms with Crippen LogP contribution in [-0.4, -0.2) is 10.1 Å². The molecular weight excluding hydrogens is 235 g/mol. The molecule has 0 aliphatic rings. The number of hydrogen-bond acceptors (Lipinski definition) is 4. The molecule has 0 bridgehead atoms. The summed E-state index contributed by atoms with van der Waals surface area (Å²) in [7, 11) is 0. The van der Waals surface area contributed by atoms with Gasteiger partial charge >= 0.3 is 6.18 Å². The smallest absolute Gasteiger partial charge is 0.343 e. The van der Waals surface area contributed by atoms with E-state index in [4.69, 9.17) is 5.73 Å². The van der Waals surface area contributed by atoms with Crippen molar-refractivity contribution in [3.63, 3.8) is 0 Å². The van der Waals surface area contributed by atoms with Crippen LogP contribution in [-0.2, 0) is 6.18 Å². The van der Waals surface area contributed by atoms with Gasteiger partial charge in [-0.15, -0.1) is 0 Å². The first kappa shape index (κ1) is 11.6. The first-order valence-corrected chi connectivity index (χ1v) is 4.68. The molecular formula is C10H8F3N3O. The summed E-state index contributed by atoms with van der Waals surface area (Å²) in [5, 5.41) is 3.44. The van der Waals surface area contributed by atoms with E-state index in [0.717, 1.165) is 12.5 Å². The Morgan fingerprint density at radius 1 is 1.24 bits per heavy atom. The fraction of sp³-hybridized carbons (Fsp3) is 0.200. The van der Waals surface area contributed by atoms with Crippen molar-refractivity contribution < 1.29 is 17.7 Å². The third kappa shape index (κ3) is 2.28. The number of hydrogen-bond donors (Lipinski definition) is 1. The summed E-state index contributed by atoms with van der Waals surface area (Å²) in [6.45, 7) is 0. The average molecular weight is 243 g/mol. The van der Waals surface area contributed by atoms with Crippen molar-refractivity contribution in [1.82, 2.24) is 10.1 Å². The second kappa shape index (κ2) is 4.17.